The summed E-state index contributed by atoms with van der Waals surface area (Å²) in [6.45, 7) is 6.71. The lowest BCUT2D eigenvalue weighted by atomic mass is 9.76. The van der Waals surface area contributed by atoms with Crippen molar-refractivity contribution in [2.75, 3.05) is 0 Å². The third-order valence-corrected chi connectivity index (χ3v) is 3.30. The van der Waals surface area contributed by atoms with Gasteiger partial charge in [0.1, 0.15) is 6.29 Å². The van der Waals surface area contributed by atoms with Gasteiger partial charge in [-0.3, -0.25) is 0 Å². The van der Waals surface area contributed by atoms with Crippen molar-refractivity contribution in [1.82, 2.24) is 0 Å². The molecule has 0 unspecified atom stereocenters. The molecule has 74 valence electrons. The van der Waals surface area contributed by atoms with E-state index in [2.05, 4.69) is 26.8 Å². The molecule has 1 rings (SSSR count). The Labute approximate surface area is 81.2 Å². The molecule has 0 radical (unpaired) electrons. The van der Waals surface area contributed by atoms with Gasteiger partial charge in [0.25, 0.3) is 0 Å². The largest absolute Gasteiger partial charge is 0.303 e. The van der Waals surface area contributed by atoms with Crippen molar-refractivity contribution in [1.29, 1.82) is 0 Å². The van der Waals surface area contributed by atoms with E-state index >= 15 is 0 Å². The molecule has 0 spiro atoms. The van der Waals surface area contributed by atoms with Gasteiger partial charge in [0.15, 0.2) is 0 Å². The van der Waals surface area contributed by atoms with Crippen LogP contribution in [0.25, 0.3) is 0 Å². The standard InChI is InChI=1S/C12H20O/c1-9(2)11-5-4-10(3)12(8-11)6-7-13/h4,7,9,11-12H,5-6,8H2,1-3H3/t11-,12-/m1/s1. The Balaban J connectivity index is 2.59. The fraction of sp³-hybridized carbons (Fsp3) is 0.750. The van der Waals surface area contributed by atoms with Crippen LogP contribution in [0.4, 0.5) is 0 Å². The molecule has 2 atom stereocenters. The maximum Gasteiger partial charge on any atom is 0.120 e. The maximum atomic E-state index is 10.5. The second kappa shape index (κ2) is 4.59. The van der Waals surface area contributed by atoms with E-state index in [0.717, 1.165) is 18.1 Å². The van der Waals surface area contributed by atoms with E-state index in [1.54, 1.807) is 0 Å². The molecular formula is C12H20O. The van der Waals surface area contributed by atoms with Gasteiger partial charge in [0, 0.05) is 6.42 Å². The van der Waals surface area contributed by atoms with Crippen LogP contribution in [0.5, 0.6) is 0 Å². The molecule has 1 aliphatic rings. The Bertz CT molecular complexity index is 203. The first kappa shape index (κ1) is 10.5. The zero-order valence-corrected chi connectivity index (χ0v) is 8.92. The molecule has 13 heavy (non-hydrogen) atoms. The molecule has 0 heterocycles. The van der Waals surface area contributed by atoms with Crippen LogP contribution in [-0.2, 0) is 4.79 Å². The average Bonchev–Trinajstić information content (AvgIpc) is 2.08. The number of carbonyl (C=O) groups is 1. The summed E-state index contributed by atoms with van der Waals surface area (Å²) in [6, 6.07) is 0. The Kier molecular flexibility index (Phi) is 3.71. The molecule has 0 aliphatic heterocycles. The second-order valence-corrected chi connectivity index (χ2v) is 4.52. The molecule has 0 aromatic rings. The number of hydrogen-bond acceptors (Lipinski definition) is 1. The van der Waals surface area contributed by atoms with Crippen molar-refractivity contribution in [3.05, 3.63) is 11.6 Å². The minimum absolute atomic E-state index is 0.527. The first-order chi connectivity index (χ1) is 6.15. The van der Waals surface area contributed by atoms with Crippen molar-refractivity contribution in [2.45, 2.75) is 40.0 Å². The minimum atomic E-state index is 0.527. The van der Waals surface area contributed by atoms with Gasteiger partial charge in [0.2, 0.25) is 0 Å². The molecule has 1 heteroatoms. The highest BCUT2D eigenvalue weighted by Gasteiger charge is 2.23. The van der Waals surface area contributed by atoms with E-state index in [9.17, 15) is 4.79 Å². The summed E-state index contributed by atoms with van der Waals surface area (Å²) >= 11 is 0. The van der Waals surface area contributed by atoms with Gasteiger partial charge >= 0.3 is 0 Å². The number of hydrogen-bond donors (Lipinski definition) is 0. The molecule has 0 N–H and O–H groups in total. The number of carbonyl (C=O) groups excluding carboxylic acids is 1. The highest BCUT2D eigenvalue weighted by atomic mass is 16.1. The van der Waals surface area contributed by atoms with Crippen LogP contribution in [-0.4, -0.2) is 6.29 Å². The van der Waals surface area contributed by atoms with Crippen LogP contribution in [0.2, 0.25) is 0 Å². The quantitative estimate of drug-likeness (QED) is 0.481. The SMILES string of the molecule is CC1=CC[C@@H](C(C)C)C[C@H]1CC=O. The first-order valence-corrected chi connectivity index (χ1v) is 5.25. The predicted molar refractivity (Wildman–Crippen MR) is 55.5 cm³/mol. The molecular weight excluding hydrogens is 160 g/mol. The smallest absolute Gasteiger partial charge is 0.120 e. The van der Waals surface area contributed by atoms with Gasteiger partial charge in [-0.05, 0) is 37.5 Å². The van der Waals surface area contributed by atoms with Crippen molar-refractivity contribution in [3.8, 4) is 0 Å². The number of aldehydes is 1. The summed E-state index contributed by atoms with van der Waals surface area (Å²) < 4.78 is 0. The maximum absolute atomic E-state index is 10.5. The van der Waals surface area contributed by atoms with E-state index < -0.39 is 0 Å². The summed E-state index contributed by atoms with van der Waals surface area (Å²) in [6.07, 6.45) is 6.51. The van der Waals surface area contributed by atoms with Crippen LogP contribution in [0, 0.1) is 17.8 Å². The Morgan fingerprint density at radius 3 is 2.85 bits per heavy atom. The van der Waals surface area contributed by atoms with Crippen molar-refractivity contribution in [3.63, 3.8) is 0 Å². The summed E-state index contributed by atoms with van der Waals surface area (Å²) in [7, 11) is 0. The Morgan fingerprint density at radius 1 is 1.62 bits per heavy atom. The topological polar surface area (TPSA) is 17.1 Å². The lowest BCUT2D eigenvalue weighted by Crippen LogP contribution is -2.19. The zero-order valence-electron chi connectivity index (χ0n) is 8.92. The molecule has 0 amide bonds. The van der Waals surface area contributed by atoms with E-state index in [4.69, 9.17) is 0 Å². The van der Waals surface area contributed by atoms with Gasteiger partial charge in [-0.1, -0.05) is 25.5 Å². The van der Waals surface area contributed by atoms with Crippen molar-refractivity contribution >= 4 is 6.29 Å². The van der Waals surface area contributed by atoms with Gasteiger partial charge in [0.05, 0.1) is 0 Å². The molecule has 0 fully saturated rings. The van der Waals surface area contributed by atoms with E-state index in [1.165, 1.54) is 18.4 Å². The molecule has 0 saturated carbocycles. The third-order valence-electron chi connectivity index (χ3n) is 3.30. The molecule has 1 nitrogen and oxygen atoms in total. The van der Waals surface area contributed by atoms with E-state index in [1.807, 2.05) is 0 Å². The van der Waals surface area contributed by atoms with Gasteiger partial charge in [-0.2, -0.15) is 0 Å². The lowest BCUT2D eigenvalue weighted by Gasteiger charge is -2.29. The molecule has 0 bridgehead atoms. The van der Waals surface area contributed by atoms with Crippen LogP contribution in [0.3, 0.4) is 0 Å². The minimum Gasteiger partial charge on any atom is -0.303 e. The normalized spacial score (nSPS) is 28.8. The highest BCUT2D eigenvalue weighted by Crippen LogP contribution is 2.34. The molecule has 0 saturated heterocycles. The van der Waals surface area contributed by atoms with Crippen LogP contribution in [0.15, 0.2) is 11.6 Å². The van der Waals surface area contributed by atoms with E-state index in [-0.39, 0.29) is 0 Å². The van der Waals surface area contributed by atoms with Crippen molar-refractivity contribution in [2.24, 2.45) is 17.8 Å². The van der Waals surface area contributed by atoms with Gasteiger partial charge < -0.3 is 4.79 Å². The summed E-state index contributed by atoms with van der Waals surface area (Å²) in [5.41, 5.74) is 1.42. The van der Waals surface area contributed by atoms with E-state index in [0.29, 0.717) is 12.3 Å². The lowest BCUT2D eigenvalue weighted by molar-refractivity contribution is -0.108. The van der Waals surface area contributed by atoms with Gasteiger partial charge in [-0.15, -0.1) is 0 Å². The number of allylic oxidation sites excluding steroid dienone is 2. The summed E-state index contributed by atoms with van der Waals surface area (Å²) in [4.78, 5) is 10.5. The fourth-order valence-corrected chi connectivity index (χ4v) is 2.09. The molecule has 1 aliphatic carbocycles. The second-order valence-electron chi connectivity index (χ2n) is 4.52. The molecule has 0 aromatic heterocycles. The van der Waals surface area contributed by atoms with Crippen LogP contribution >= 0.6 is 0 Å². The average molecular weight is 180 g/mol. The first-order valence-electron chi connectivity index (χ1n) is 5.25. The van der Waals surface area contributed by atoms with Crippen LogP contribution < -0.4 is 0 Å². The van der Waals surface area contributed by atoms with Gasteiger partial charge in [-0.25, -0.2) is 0 Å². The molecule has 0 aromatic carbocycles. The summed E-state index contributed by atoms with van der Waals surface area (Å²) in [5, 5.41) is 0. The van der Waals surface area contributed by atoms with Crippen LogP contribution in [0.1, 0.15) is 40.0 Å². The number of rotatable bonds is 3. The monoisotopic (exact) mass is 180 g/mol. The third kappa shape index (κ3) is 2.68. The highest BCUT2D eigenvalue weighted by molar-refractivity contribution is 5.50. The van der Waals surface area contributed by atoms with Crippen molar-refractivity contribution < 1.29 is 4.79 Å². The summed E-state index contributed by atoms with van der Waals surface area (Å²) in [5.74, 6) is 2.06. The fourth-order valence-electron chi connectivity index (χ4n) is 2.09. The Morgan fingerprint density at radius 2 is 2.31 bits per heavy atom. The predicted octanol–water partition coefficient (Wildman–Crippen LogP) is 3.20. The zero-order chi connectivity index (χ0) is 9.84. The Hall–Kier alpha value is -0.590.